The molecule has 0 aromatic heterocycles. The molecule has 4 heteroatoms. The Kier molecular flexibility index (Phi) is 5.83. The van der Waals surface area contributed by atoms with Crippen LogP contribution in [0.25, 0.3) is 0 Å². The van der Waals surface area contributed by atoms with E-state index < -0.39 is 5.97 Å². The summed E-state index contributed by atoms with van der Waals surface area (Å²) in [5.74, 6) is 0.0712. The van der Waals surface area contributed by atoms with Gasteiger partial charge in [0, 0.05) is 5.54 Å². The lowest BCUT2D eigenvalue weighted by atomic mass is 9.90. The van der Waals surface area contributed by atoms with E-state index in [-0.39, 0.29) is 12.0 Å². The first-order chi connectivity index (χ1) is 8.99. The monoisotopic (exact) mass is 265 g/mol. The van der Waals surface area contributed by atoms with E-state index in [1.165, 1.54) is 5.56 Å². The molecule has 1 aromatic rings. The maximum absolute atomic E-state index is 10.9. The largest absolute Gasteiger partial charge is 0.497 e. The van der Waals surface area contributed by atoms with Gasteiger partial charge in [-0.1, -0.05) is 19.1 Å². The molecule has 0 fully saturated rings. The third-order valence-corrected chi connectivity index (χ3v) is 3.27. The number of aliphatic carboxylic acids is 1. The van der Waals surface area contributed by atoms with Gasteiger partial charge in [-0.15, -0.1) is 0 Å². The van der Waals surface area contributed by atoms with Crippen molar-refractivity contribution >= 4 is 5.97 Å². The van der Waals surface area contributed by atoms with Crippen LogP contribution in [-0.4, -0.2) is 30.3 Å². The number of carboxylic acid groups (broad SMARTS) is 1. The number of aryl methyl sites for hydroxylation is 1. The summed E-state index contributed by atoms with van der Waals surface area (Å²) >= 11 is 0. The highest BCUT2D eigenvalue weighted by Crippen LogP contribution is 2.20. The fraction of sp³-hybridized carbons (Fsp3) is 0.533. The summed E-state index contributed by atoms with van der Waals surface area (Å²) in [5, 5.41) is 12.3. The Hall–Kier alpha value is -1.55. The van der Waals surface area contributed by atoms with Crippen LogP contribution in [0.15, 0.2) is 24.3 Å². The Bertz CT molecular complexity index is 402. The molecule has 0 amide bonds. The number of ether oxygens (including phenoxy) is 1. The Labute approximate surface area is 114 Å². The van der Waals surface area contributed by atoms with E-state index in [0.29, 0.717) is 0 Å². The molecule has 0 aliphatic heterocycles. The molecule has 0 aliphatic carbocycles. The number of carbonyl (C=O) groups is 1. The van der Waals surface area contributed by atoms with Crippen molar-refractivity contribution in [2.24, 2.45) is 0 Å². The summed E-state index contributed by atoms with van der Waals surface area (Å²) in [6.07, 6.45) is 1.78. The topological polar surface area (TPSA) is 58.6 Å². The molecule has 0 aliphatic rings. The Morgan fingerprint density at radius 3 is 2.47 bits per heavy atom. The second-order valence-corrected chi connectivity index (χ2v) is 5.01. The summed E-state index contributed by atoms with van der Waals surface area (Å²) in [6, 6.07) is 7.90. The molecule has 1 aromatic carbocycles. The average molecular weight is 265 g/mol. The Morgan fingerprint density at radius 2 is 2.00 bits per heavy atom. The van der Waals surface area contributed by atoms with Crippen LogP contribution in [-0.2, 0) is 11.2 Å². The zero-order chi connectivity index (χ0) is 14.3. The summed E-state index contributed by atoms with van der Waals surface area (Å²) in [4.78, 5) is 10.9. The van der Waals surface area contributed by atoms with E-state index in [9.17, 15) is 4.79 Å². The van der Waals surface area contributed by atoms with Gasteiger partial charge in [0.25, 0.3) is 0 Å². The van der Waals surface area contributed by atoms with Crippen molar-refractivity contribution in [2.75, 3.05) is 13.7 Å². The van der Waals surface area contributed by atoms with Crippen LogP contribution in [0, 0.1) is 0 Å². The van der Waals surface area contributed by atoms with Gasteiger partial charge in [-0.05, 0) is 44.0 Å². The number of nitrogens with one attached hydrogen (secondary N) is 1. The van der Waals surface area contributed by atoms with Crippen molar-refractivity contribution in [2.45, 2.75) is 38.6 Å². The molecule has 1 atom stereocenters. The van der Waals surface area contributed by atoms with Crippen LogP contribution in [0.4, 0.5) is 0 Å². The highest BCUT2D eigenvalue weighted by atomic mass is 16.5. The Balaban J connectivity index is 2.61. The second kappa shape index (κ2) is 7.14. The van der Waals surface area contributed by atoms with Crippen molar-refractivity contribution in [3.05, 3.63) is 29.8 Å². The molecule has 4 nitrogen and oxygen atoms in total. The van der Waals surface area contributed by atoms with Gasteiger partial charge in [-0.25, -0.2) is 0 Å². The predicted octanol–water partition coefficient (Wildman–Crippen LogP) is 2.47. The van der Waals surface area contributed by atoms with Crippen LogP contribution in [0.2, 0.25) is 0 Å². The average Bonchev–Trinajstić information content (AvgIpc) is 2.36. The molecule has 0 saturated carbocycles. The summed E-state index contributed by atoms with van der Waals surface area (Å²) in [5.41, 5.74) is 0.830. The highest BCUT2D eigenvalue weighted by molar-refractivity contribution is 5.68. The lowest BCUT2D eigenvalue weighted by Crippen LogP contribution is -2.44. The van der Waals surface area contributed by atoms with Gasteiger partial charge in [0.1, 0.15) is 5.75 Å². The van der Waals surface area contributed by atoms with Crippen molar-refractivity contribution in [3.63, 3.8) is 0 Å². The van der Waals surface area contributed by atoms with Crippen LogP contribution >= 0.6 is 0 Å². The summed E-state index contributed by atoms with van der Waals surface area (Å²) < 4.78 is 5.12. The number of hydrogen-bond acceptors (Lipinski definition) is 3. The van der Waals surface area contributed by atoms with Gasteiger partial charge >= 0.3 is 5.97 Å². The van der Waals surface area contributed by atoms with Gasteiger partial charge in [-0.2, -0.15) is 0 Å². The molecule has 2 N–H and O–H groups in total. The minimum absolute atomic E-state index is 0.136. The van der Waals surface area contributed by atoms with Gasteiger partial charge in [0.05, 0.1) is 13.5 Å². The quantitative estimate of drug-likeness (QED) is 0.758. The maximum atomic E-state index is 10.9. The molecular formula is C15H23NO3. The zero-order valence-electron chi connectivity index (χ0n) is 11.9. The van der Waals surface area contributed by atoms with E-state index in [4.69, 9.17) is 9.84 Å². The molecule has 0 bridgehead atoms. The fourth-order valence-electron chi connectivity index (χ4n) is 2.21. The molecule has 19 heavy (non-hydrogen) atoms. The van der Waals surface area contributed by atoms with Crippen molar-refractivity contribution in [1.29, 1.82) is 0 Å². The predicted molar refractivity (Wildman–Crippen MR) is 75.6 cm³/mol. The number of benzene rings is 1. The first-order valence-electron chi connectivity index (χ1n) is 6.59. The third kappa shape index (κ3) is 5.30. The molecule has 0 heterocycles. The zero-order valence-corrected chi connectivity index (χ0v) is 11.9. The molecule has 0 spiro atoms. The highest BCUT2D eigenvalue weighted by Gasteiger charge is 2.25. The molecule has 0 radical (unpaired) electrons. The molecule has 0 saturated heterocycles. The van der Waals surface area contributed by atoms with E-state index in [1.54, 1.807) is 7.11 Å². The summed E-state index contributed by atoms with van der Waals surface area (Å²) in [6.45, 7) is 4.73. The van der Waals surface area contributed by atoms with Crippen molar-refractivity contribution < 1.29 is 14.6 Å². The molecule has 106 valence electrons. The van der Waals surface area contributed by atoms with E-state index in [1.807, 2.05) is 38.1 Å². The van der Waals surface area contributed by atoms with Gasteiger partial charge in [0.15, 0.2) is 0 Å². The lowest BCUT2D eigenvalue weighted by molar-refractivity contribution is -0.138. The SMILES string of the molecule is CCNC(C)(CCc1ccc(OC)cc1)CC(=O)O. The van der Waals surface area contributed by atoms with Crippen molar-refractivity contribution in [3.8, 4) is 5.75 Å². The first kappa shape index (κ1) is 15.5. The van der Waals surface area contributed by atoms with Gasteiger partial charge < -0.3 is 15.2 Å². The second-order valence-electron chi connectivity index (χ2n) is 5.01. The number of methoxy groups -OCH3 is 1. The van der Waals surface area contributed by atoms with Crippen molar-refractivity contribution in [1.82, 2.24) is 5.32 Å². The van der Waals surface area contributed by atoms with Crippen LogP contribution in [0.3, 0.4) is 0 Å². The standard InChI is InChI=1S/C15H23NO3/c1-4-16-15(2,11-14(17)18)10-9-12-5-7-13(19-3)8-6-12/h5-8,16H,4,9-11H2,1-3H3,(H,17,18). The molecule has 1 unspecified atom stereocenters. The smallest absolute Gasteiger partial charge is 0.305 e. The maximum Gasteiger partial charge on any atom is 0.305 e. The van der Waals surface area contributed by atoms with Gasteiger partial charge in [0.2, 0.25) is 0 Å². The minimum Gasteiger partial charge on any atom is -0.497 e. The van der Waals surface area contributed by atoms with Crippen LogP contribution < -0.4 is 10.1 Å². The van der Waals surface area contributed by atoms with E-state index in [2.05, 4.69) is 5.32 Å². The first-order valence-corrected chi connectivity index (χ1v) is 6.59. The van der Waals surface area contributed by atoms with Crippen LogP contribution in [0.1, 0.15) is 32.3 Å². The lowest BCUT2D eigenvalue weighted by Gasteiger charge is -2.29. The normalized spacial score (nSPS) is 13.8. The van der Waals surface area contributed by atoms with Gasteiger partial charge in [-0.3, -0.25) is 4.79 Å². The number of carboxylic acids is 1. The third-order valence-electron chi connectivity index (χ3n) is 3.27. The fourth-order valence-corrected chi connectivity index (χ4v) is 2.21. The number of rotatable bonds is 8. The molecular weight excluding hydrogens is 242 g/mol. The van der Waals surface area contributed by atoms with Crippen LogP contribution in [0.5, 0.6) is 5.75 Å². The van der Waals surface area contributed by atoms with E-state index >= 15 is 0 Å². The molecule has 1 rings (SSSR count). The number of hydrogen-bond donors (Lipinski definition) is 2. The Morgan fingerprint density at radius 1 is 1.37 bits per heavy atom. The minimum atomic E-state index is -0.766. The van der Waals surface area contributed by atoms with E-state index in [0.717, 1.165) is 25.1 Å². The summed E-state index contributed by atoms with van der Waals surface area (Å²) in [7, 11) is 1.64.